The van der Waals surface area contributed by atoms with E-state index in [1.165, 1.54) is 11.8 Å². The van der Waals surface area contributed by atoms with Crippen LogP contribution in [0.4, 0.5) is 4.39 Å². The number of fused-ring (bicyclic) bond motifs is 1. The minimum absolute atomic E-state index is 0.0741. The van der Waals surface area contributed by atoms with Gasteiger partial charge in [-0.3, -0.25) is 0 Å². The number of esters is 1. The summed E-state index contributed by atoms with van der Waals surface area (Å²) in [6, 6.07) is 3.63. The molecule has 0 atom stereocenters. The third-order valence-electron chi connectivity index (χ3n) is 3.47. The first-order valence-electron chi connectivity index (χ1n) is 5.80. The van der Waals surface area contributed by atoms with Crippen LogP contribution in [-0.2, 0) is 15.1 Å². The van der Waals surface area contributed by atoms with Gasteiger partial charge in [0.25, 0.3) is 0 Å². The van der Waals surface area contributed by atoms with Crippen LogP contribution in [0.3, 0.4) is 0 Å². The SMILES string of the molecule is COC(=O)C1(n2ncc3ccc(Br)nc32)CC(F)C1. The average molecular weight is 328 g/mol. The van der Waals surface area contributed by atoms with Crippen molar-refractivity contribution in [1.29, 1.82) is 0 Å². The Morgan fingerprint density at radius 1 is 1.58 bits per heavy atom. The van der Waals surface area contributed by atoms with Gasteiger partial charge in [-0.15, -0.1) is 0 Å². The molecule has 1 aliphatic rings. The van der Waals surface area contributed by atoms with Gasteiger partial charge < -0.3 is 4.74 Å². The fourth-order valence-corrected chi connectivity index (χ4v) is 2.78. The van der Waals surface area contributed by atoms with Crippen LogP contribution >= 0.6 is 15.9 Å². The molecule has 0 spiro atoms. The lowest BCUT2D eigenvalue weighted by atomic mass is 9.75. The number of rotatable bonds is 2. The number of carbonyl (C=O) groups excluding carboxylic acids is 1. The van der Waals surface area contributed by atoms with E-state index in [2.05, 4.69) is 26.0 Å². The Kier molecular flexibility index (Phi) is 2.81. The Balaban J connectivity index is 2.16. The molecular weight excluding hydrogens is 317 g/mol. The predicted octanol–water partition coefficient (Wildman–Crippen LogP) is 2.19. The molecule has 0 unspecified atom stereocenters. The number of alkyl halides is 1. The van der Waals surface area contributed by atoms with Gasteiger partial charge in [0.15, 0.2) is 11.2 Å². The summed E-state index contributed by atoms with van der Waals surface area (Å²) in [5.74, 6) is -0.479. The molecular formula is C12H11BrFN3O2. The van der Waals surface area contributed by atoms with Crippen LogP contribution < -0.4 is 0 Å². The van der Waals surface area contributed by atoms with Gasteiger partial charge in [0, 0.05) is 18.2 Å². The topological polar surface area (TPSA) is 57.0 Å². The molecule has 0 saturated heterocycles. The van der Waals surface area contributed by atoms with Gasteiger partial charge in [-0.1, -0.05) is 0 Å². The summed E-state index contributed by atoms with van der Waals surface area (Å²) in [7, 11) is 1.30. The standard InChI is InChI=1S/C12H11BrFN3O2/c1-19-11(18)12(4-8(14)5-12)17-10-7(6-15-17)2-3-9(13)16-10/h2-3,6,8H,4-5H2,1H3. The molecule has 0 aromatic carbocycles. The van der Waals surface area contributed by atoms with E-state index in [0.29, 0.717) is 10.3 Å². The van der Waals surface area contributed by atoms with Crippen molar-refractivity contribution in [1.82, 2.24) is 14.8 Å². The number of methoxy groups -OCH3 is 1. The molecule has 1 aliphatic carbocycles. The molecule has 1 fully saturated rings. The summed E-state index contributed by atoms with van der Waals surface area (Å²) in [5, 5.41) is 5.00. The van der Waals surface area contributed by atoms with E-state index in [9.17, 15) is 9.18 Å². The number of pyridine rings is 1. The summed E-state index contributed by atoms with van der Waals surface area (Å²) >= 11 is 3.28. The Bertz CT molecular complexity index is 651. The van der Waals surface area contributed by atoms with Gasteiger partial charge in [0.05, 0.1) is 13.3 Å². The van der Waals surface area contributed by atoms with Crippen LogP contribution in [0.5, 0.6) is 0 Å². The summed E-state index contributed by atoms with van der Waals surface area (Å²) < 4.78 is 20.2. The Morgan fingerprint density at radius 2 is 2.32 bits per heavy atom. The summed E-state index contributed by atoms with van der Waals surface area (Å²) in [6.45, 7) is 0. The summed E-state index contributed by atoms with van der Waals surface area (Å²) in [4.78, 5) is 16.3. The second-order valence-electron chi connectivity index (χ2n) is 4.63. The van der Waals surface area contributed by atoms with Crippen LogP contribution in [-0.4, -0.2) is 34.0 Å². The number of ether oxygens (including phenoxy) is 1. The van der Waals surface area contributed by atoms with Crippen molar-refractivity contribution in [3.8, 4) is 0 Å². The zero-order valence-corrected chi connectivity index (χ0v) is 11.7. The maximum Gasteiger partial charge on any atom is 0.334 e. The quantitative estimate of drug-likeness (QED) is 0.626. The minimum atomic E-state index is -1.07. The first kappa shape index (κ1) is 12.5. The van der Waals surface area contributed by atoms with Crippen LogP contribution in [0.1, 0.15) is 12.8 Å². The summed E-state index contributed by atoms with van der Waals surface area (Å²) in [5.41, 5.74) is -0.518. The number of hydrogen-bond acceptors (Lipinski definition) is 4. The third kappa shape index (κ3) is 1.75. The van der Waals surface area contributed by atoms with Crippen molar-refractivity contribution in [2.75, 3.05) is 7.11 Å². The van der Waals surface area contributed by atoms with Crippen LogP contribution in [0.25, 0.3) is 11.0 Å². The zero-order valence-electron chi connectivity index (χ0n) is 10.1. The number of hydrogen-bond donors (Lipinski definition) is 0. The maximum atomic E-state index is 13.3. The lowest BCUT2D eigenvalue weighted by molar-refractivity contribution is -0.161. The Morgan fingerprint density at radius 3 is 2.95 bits per heavy atom. The van der Waals surface area contributed by atoms with E-state index < -0.39 is 17.7 Å². The lowest BCUT2D eigenvalue weighted by Gasteiger charge is -2.41. The van der Waals surface area contributed by atoms with Crippen molar-refractivity contribution >= 4 is 32.9 Å². The molecule has 0 bridgehead atoms. The molecule has 0 aliphatic heterocycles. The van der Waals surface area contributed by atoms with E-state index in [-0.39, 0.29) is 12.8 Å². The molecule has 2 aromatic heterocycles. The molecule has 3 rings (SSSR count). The molecule has 100 valence electrons. The van der Waals surface area contributed by atoms with E-state index in [1.54, 1.807) is 12.3 Å². The molecule has 2 aromatic rings. The van der Waals surface area contributed by atoms with Gasteiger partial charge in [-0.25, -0.2) is 18.9 Å². The second-order valence-corrected chi connectivity index (χ2v) is 5.44. The summed E-state index contributed by atoms with van der Waals surface area (Å²) in [6.07, 6.45) is 0.755. The first-order chi connectivity index (χ1) is 9.06. The zero-order chi connectivity index (χ0) is 13.6. The van der Waals surface area contributed by atoms with Crippen molar-refractivity contribution in [2.45, 2.75) is 24.6 Å². The van der Waals surface area contributed by atoms with E-state index >= 15 is 0 Å². The highest BCUT2D eigenvalue weighted by Crippen LogP contribution is 2.43. The molecule has 2 heterocycles. The van der Waals surface area contributed by atoms with Crippen molar-refractivity contribution < 1.29 is 13.9 Å². The number of nitrogens with zero attached hydrogens (tertiary/aromatic N) is 3. The minimum Gasteiger partial charge on any atom is -0.467 e. The molecule has 0 amide bonds. The van der Waals surface area contributed by atoms with Gasteiger partial charge in [-0.2, -0.15) is 5.10 Å². The molecule has 19 heavy (non-hydrogen) atoms. The van der Waals surface area contributed by atoms with Gasteiger partial charge in [-0.05, 0) is 28.1 Å². The molecule has 5 nitrogen and oxygen atoms in total. The van der Waals surface area contributed by atoms with Crippen LogP contribution in [0.2, 0.25) is 0 Å². The lowest BCUT2D eigenvalue weighted by Crippen LogP contribution is -2.54. The highest BCUT2D eigenvalue weighted by atomic mass is 79.9. The third-order valence-corrected chi connectivity index (χ3v) is 3.92. The van der Waals surface area contributed by atoms with Gasteiger partial charge >= 0.3 is 5.97 Å². The predicted molar refractivity (Wildman–Crippen MR) is 69.3 cm³/mol. The highest BCUT2D eigenvalue weighted by molar-refractivity contribution is 9.10. The average Bonchev–Trinajstić information content (AvgIpc) is 2.77. The van der Waals surface area contributed by atoms with Gasteiger partial charge in [0.2, 0.25) is 0 Å². The van der Waals surface area contributed by atoms with Crippen LogP contribution in [0.15, 0.2) is 22.9 Å². The molecule has 7 heteroatoms. The maximum absolute atomic E-state index is 13.3. The molecule has 0 N–H and O–H groups in total. The van der Waals surface area contributed by atoms with Gasteiger partial charge in [0.1, 0.15) is 10.8 Å². The fourth-order valence-electron chi connectivity index (χ4n) is 2.48. The number of halogens is 2. The number of aromatic nitrogens is 3. The fraction of sp³-hybridized carbons (Fsp3) is 0.417. The molecule has 0 radical (unpaired) electrons. The van der Waals surface area contributed by atoms with E-state index in [4.69, 9.17) is 4.74 Å². The highest BCUT2D eigenvalue weighted by Gasteiger charge is 2.55. The second kappa shape index (κ2) is 4.26. The Hall–Kier alpha value is -1.50. The molecule has 1 saturated carbocycles. The van der Waals surface area contributed by atoms with E-state index in [1.807, 2.05) is 6.07 Å². The van der Waals surface area contributed by atoms with Crippen molar-refractivity contribution in [3.63, 3.8) is 0 Å². The first-order valence-corrected chi connectivity index (χ1v) is 6.59. The van der Waals surface area contributed by atoms with Crippen molar-refractivity contribution in [3.05, 3.63) is 22.9 Å². The smallest absolute Gasteiger partial charge is 0.334 e. The van der Waals surface area contributed by atoms with E-state index in [0.717, 1.165) is 5.39 Å². The van der Waals surface area contributed by atoms with Crippen molar-refractivity contribution in [2.24, 2.45) is 0 Å². The Labute approximate surface area is 116 Å². The monoisotopic (exact) mass is 327 g/mol. The largest absolute Gasteiger partial charge is 0.467 e. The number of carbonyl (C=O) groups is 1. The normalized spacial score (nSPS) is 26.2. The van der Waals surface area contributed by atoms with Crippen LogP contribution in [0, 0.1) is 0 Å².